The predicted molar refractivity (Wildman–Crippen MR) is 85.0 cm³/mol. The van der Waals surface area contributed by atoms with Gasteiger partial charge in [0.2, 0.25) is 10.0 Å². The van der Waals surface area contributed by atoms with Gasteiger partial charge in [0.25, 0.3) is 0 Å². The second-order valence-corrected chi connectivity index (χ2v) is 6.97. The van der Waals surface area contributed by atoms with Crippen molar-refractivity contribution in [3.8, 4) is 11.5 Å². The van der Waals surface area contributed by atoms with E-state index in [0.717, 1.165) is 5.69 Å². The van der Waals surface area contributed by atoms with Crippen LogP contribution in [0.2, 0.25) is 0 Å². The first kappa shape index (κ1) is 16.5. The maximum Gasteiger partial charge on any atom is 0.244 e. The van der Waals surface area contributed by atoms with Gasteiger partial charge in [-0.15, -0.1) is 11.3 Å². The molecule has 0 saturated heterocycles. The quantitative estimate of drug-likeness (QED) is 0.784. The Morgan fingerprint density at radius 3 is 2.68 bits per heavy atom. The van der Waals surface area contributed by atoms with Crippen molar-refractivity contribution < 1.29 is 17.9 Å². The van der Waals surface area contributed by atoms with E-state index in [2.05, 4.69) is 9.71 Å². The number of nitrogens with zero attached hydrogens (tertiary/aromatic N) is 1. The van der Waals surface area contributed by atoms with Crippen molar-refractivity contribution in [2.75, 3.05) is 26.5 Å². The monoisotopic (exact) mass is 343 g/mol. The first-order chi connectivity index (χ1) is 10.5. The summed E-state index contributed by atoms with van der Waals surface area (Å²) in [4.78, 5) is 4.14. The number of thiazole rings is 1. The number of aromatic nitrogens is 1. The summed E-state index contributed by atoms with van der Waals surface area (Å²) < 4.78 is 37.4. The Bertz CT molecular complexity index is 743. The minimum Gasteiger partial charge on any atom is -0.497 e. The van der Waals surface area contributed by atoms with Crippen LogP contribution in [0, 0.1) is 0 Å². The molecule has 0 aliphatic carbocycles. The molecule has 9 heteroatoms. The van der Waals surface area contributed by atoms with Gasteiger partial charge in [0.15, 0.2) is 5.13 Å². The molecule has 1 aromatic carbocycles. The summed E-state index contributed by atoms with van der Waals surface area (Å²) in [6.07, 6.45) is 0.464. The Kier molecular flexibility index (Phi) is 5.22. The van der Waals surface area contributed by atoms with Crippen molar-refractivity contribution in [3.05, 3.63) is 29.3 Å². The van der Waals surface area contributed by atoms with Gasteiger partial charge >= 0.3 is 0 Å². The number of hydrogen-bond donors (Lipinski definition) is 2. The maximum atomic E-state index is 12.3. The van der Waals surface area contributed by atoms with Crippen molar-refractivity contribution in [1.82, 2.24) is 9.71 Å². The highest BCUT2D eigenvalue weighted by atomic mass is 32.2. The lowest BCUT2D eigenvalue weighted by Crippen LogP contribution is -2.26. The summed E-state index contributed by atoms with van der Waals surface area (Å²) in [6, 6.07) is 4.54. The molecule has 22 heavy (non-hydrogen) atoms. The molecular formula is C13H17N3O4S2. The largest absolute Gasteiger partial charge is 0.497 e. The second kappa shape index (κ2) is 6.95. The molecule has 0 bridgehead atoms. The molecule has 0 aliphatic heterocycles. The van der Waals surface area contributed by atoms with Crippen LogP contribution in [0.3, 0.4) is 0 Å². The van der Waals surface area contributed by atoms with Gasteiger partial charge in [-0.25, -0.2) is 18.1 Å². The number of nitrogens with two attached hydrogens (primary N) is 1. The topological polar surface area (TPSA) is 104 Å². The summed E-state index contributed by atoms with van der Waals surface area (Å²) in [6.45, 7) is 0.223. The van der Waals surface area contributed by atoms with Gasteiger partial charge in [0.05, 0.1) is 19.9 Å². The highest BCUT2D eigenvalue weighted by Crippen LogP contribution is 2.28. The van der Waals surface area contributed by atoms with Crippen molar-refractivity contribution >= 4 is 26.5 Å². The number of nitrogen functional groups attached to an aromatic ring is 1. The summed E-state index contributed by atoms with van der Waals surface area (Å²) in [5, 5.41) is 2.27. The normalized spacial score (nSPS) is 11.4. The number of benzene rings is 1. The van der Waals surface area contributed by atoms with Crippen LogP contribution in [0.25, 0.3) is 0 Å². The Hall–Kier alpha value is -1.84. The molecule has 0 aliphatic rings. The zero-order valence-electron chi connectivity index (χ0n) is 12.2. The third-order valence-corrected chi connectivity index (χ3v) is 5.13. The molecule has 0 radical (unpaired) electrons. The Labute approximate surface area is 133 Å². The molecule has 2 aromatic rings. The van der Waals surface area contributed by atoms with E-state index in [4.69, 9.17) is 15.2 Å². The summed E-state index contributed by atoms with van der Waals surface area (Å²) in [5.41, 5.74) is 6.29. The van der Waals surface area contributed by atoms with E-state index in [-0.39, 0.29) is 17.2 Å². The maximum absolute atomic E-state index is 12.3. The van der Waals surface area contributed by atoms with E-state index in [1.807, 2.05) is 0 Å². The summed E-state index contributed by atoms with van der Waals surface area (Å²) in [5.74, 6) is 0.749. The van der Waals surface area contributed by atoms with Gasteiger partial charge in [0.1, 0.15) is 16.4 Å². The van der Waals surface area contributed by atoms with E-state index >= 15 is 0 Å². The number of ether oxygens (including phenoxy) is 2. The number of sulfonamides is 1. The molecule has 0 unspecified atom stereocenters. The number of nitrogens with one attached hydrogen (secondary N) is 1. The zero-order valence-corrected chi connectivity index (χ0v) is 13.8. The van der Waals surface area contributed by atoms with E-state index in [1.165, 1.54) is 37.7 Å². The van der Waals surface area contributed by atoms with Crippen molar-refractivity contribution in [2.45, 2.75) is 11.3 Å². The van der Waals surface area contributed by atoms with Crippen LogP contribution in [0.15, 0.2) is 28.5 Å². The average molecular weight is 343 g/mol. The van der Waals surface area contributed by atoms with Gasteiger partial charge in [0, 0.05) is 24.4 Å². The standard InChI is InChI=1S/C13H17N3O4S2/c1-19-10-3-4-12(11(7-10)20-2)22(17,18)15-6-5-9-8-21-13(14)16-9/h3-4,7-8,15H,5-6H2,1-2H3,(H2,14,16). The van der Waals surface area contributed by atoms with Crippen molar-refractivity contribution in [3.63, 3.8) is 0 Å². The SMILES string of the molecule is COc1ccc(S(=O)(=O)NCCc2csc(N)n2)c(OC)c1. The molecular weight excluding hydrogens is 326 g/mol. The lowest BCUT2D eigenvalue weighted by Gasteiger charge is -2.11. The predicted octanol–water partition coefficient (Wildman–Crippen LogP) is 1.26. The van der Waals surface area contributed by atoms with E-state index < -0.39 is 10.0 Å². The Balaban J connectivity index is 2.09. The molecule has 7 nitrogen and oxygen atoms in total. The highest BCUT2D eigenvalue weighted by molar-refractivity contribution is 7.89. The van der Waals surface area contributed by atoms with Gasteiger partial charge in [-0.2, -0.15) is 0 Å². The summed E-state index contributed by atoms with van der Waals surface area (Å²) >= 11 is 1.32. The molecule has 1 heterocycles. The van der Waals surface area contributed by atoms with Crippen LogP contribution in [0.4, 0.5) is 5.13 Å². The molecule has 0 saturated carbocycles. The number of anilines is 1. The minimum absolute atomic E-state index is 0.0635. The van der Waals surface area contributed by atoms with Crippen LogP contribution in [0.5, 0.6) is 11.5 Å². The lowest BCUT2D eigenvalue weighted by molar-refractivity contribution is 0.386. The van der Waals surface area contributed by atoms with Gasteiger partial charge in [-0.3, -0.25) is 0 Å². The smallest absolute Gasteiger partial charge is 0.244 e. The van der Waals surface area contributed by atoms with Crippen LogP contribution in [-0.2, 0) is 16.4 Å². The van der Waals surface area contributed by atoms with E-state index in [0.29, 0.717) is 17.3 Å². The second-order valence-electron chi connectivity index (χ2n) is 4.34. The van der Waals surface area contributed by atoms with Crippen molar-refractivity contribution in [1.29, 1.82) is 0 Å². The fourth-order valence-electron chi connectivity index (χ4n) is 1.83. The number of hydrogen-bond acceptors (Lipinski definition) is 7. The van der Waals surface area contributed by atoms with Crippen LogP contribution >= 0.6 is 11.3 Å². The van der Waals surface area contributed by atoms with Gasteiger partial charge < -0.3 is 15.2 Å². The van der Waals surface area contributed by atoms with Crippen molar-refractivity contribution in [2.24, 2.45) is 0 Å². The first-order valence-electron chi connectivity index (χ1n) is 6.38. The third kappa shape index (κ3) is 3.87. The third-order valence-electron chi connectivity index (χ3n) is 2.90. The lowest BCUT2D eigenvalue weighted by atomic mass is 10.3. The van der Waals surface area contributed by atoms with Gasteiger partial charge in [-0.05, 0) is 12.1 Å². The van der Waals surface area contributed by atoms with Crippen LogP contribution < -0.4 is 19.9 Å². The Morgan fingerprint density at radius 2 is 2.09 bits per heavy atom. The van der Waals surface area contributed by atoms with E-state index in [1.54, 1.807) is 11.4 Å². The molecule has 2 rings (SSSR count). The molecule has 0 spiro atoms. The minimum atomic E-state index is -3.68. The average Bonchev–Trinajstić information content (AvgIpc) is 2.91. The molecule has 120 valence electrons. The number of rotatable bonds is 7. The fourth-order valence-corrected chi connectivity index (χ4v) is 3.60. The highest BCUT2D eigenvalue weighted by Gasteiger charge is 2.19. The molecule has 0 fully saturated rings. The molecule has 0 atom stereocenters. The molecule has 1 aromatic heterocycles. The zero-order chi connectivity index (χ0) is 16.2. The van der Waals surface area contributed by atoms with Gasteiger partial charge in [-0.1, -0.05) is 0 Å². The molecule has 0 amide bonds. The molecule has 3 N–H and O–H groups in total. The van der Waals surface area contributed by atoms with Crippen LogP contribution in [0.1, 0.15) is 5.69 Å². The number of methoxy groups -OCH3 is 2. The summed E-state index contributed by atoms with van der Waals surface area (Å²) in [7, 11) is -0.768. The van der Waals surface area contributed by atoms with E-state index in [9.17, 15) is 8.42 Å². The van der Waals surface area contributed by atoms with Crippen LogP contribution in [-0.4, -0.2) is 34.2 Å². The fraction of sp³-hybridized carbons (Fsp3) is 0.308. The Morgan fingerprint density at radius 1 is 1.32 bits per heavy atom. The first-order valence-corrected chi connectivity index (χ1v) is 8.74.